The summed E-state index contributed by atoms with van der Waals surface area (Å²) in [5.74, 6) is 0. The fraction of sp³-hybridized carbons (Fsp3) is 1.00. The van der Waals surface area contributed by atoms with Crippen molar-refractivity contribution in [2.75, 3.05) is 26.7 Å². The fourth-order valence-electron chi connectivity index (χ4n) is 4.11. The normalized spacial score (nSPS) is 34.3. The van der Waals surface area contributed by atoms with Gasteiger partial charge in [0.1, 0.15) is 0 Å². The zero-order valence-electron chi connectivity index (χ0n) is 12.7. The third-order valence-corrected chi connectivity index (χ3v) is 5.49. The van der Waals surface area contributed by atoms with Gasteiger partial charge in [0, 0.05) is 31.8 Å². The third kappa shape index (κ3) is 3.32. The summed E-state index contributed by atoms with van der Waals surface area (Å²) in [5.41, 5.74) is 0.541. The van der Waals surface area contributed by atoms with Crippen LogP contribution in [-0.2, 0) is 4.74 Å². The molecule has 0 aromatic carbocycles. The summed E-state index contributed by atoms with van der Waals surface area (Å²) in [6.07, 6.45) is 10.1. The van der Waals surface area contributed by atoms with Gasteiger partial charge in [-0.2, -0.15) is 0 Å². The van der Waals surface area contributed by atoms with Crippen LogP contribution in [0.25, 0.3) is 0 Å². The molecule has 0 amide bonds. The highest BCUT2D eigenvalue weighted by atomic mass is 16.5. The van der Waals surface area contributed by atoms with E-state index in [1.54, 1.807) is 0 Å². The van der Waals surface area contributed by atoms with Crippen LogP contribution in [0.2, 0.25) is 0 Å². The first-order valence-electron chi connectivity index (χ1n) is 8.24. The van der Waals surface area contributed by atoms with E-state index < -0.39 is 0 Å². The fourth-order valence-corrected chi connectivity index (χ4v) is 4.11. The molecule has 2 atom stereocenters. The van der Waals surface area contributed by atoms with Gasteiger partial charge in [-0.05, 0) is 51.5 Å². The molecule has 1 heterocycles. The van der Waals surface area contributed by atoms with Crippen molar-refractivity contribution in [3.63, 3.8) is 0 Å². The van der Waals surface area contributed by atoms with Crippen molar-refractivity contribution in [1.29, 1.82) is 0 Å². The molecule has 3 aliphatic rings. The number of likely N-dealkylation sites (N-methyl/N-ethyl adjacent to an activating group) is 1. The summed E-state index contributed by atoms with van der Waals surface area (Å²) >= 11 is 0. The maximum Gasteiger partial charge on any atom is 0.0702 e. The van der Waals surface area contributed by atoms with Crippen molar-refractivity contribution in [2.24, 2.45) is 5.41 Å². The minimum absolute atomic E-state index is 0.417. The average Bonchev–Trinajstić information content (AvgIpc) is 2.95. The number of hydrogen-bond acceptors (Lipinski definition) is 3. The first-order chi connectivity index (χ1) is 9.19. The molecule has 3 nitrogen and oxygen atoms in total. The molecular formula is C16H30N2O. The monoisotopic (exact) mass is 266 g/mol. The maximum absolute atomic E-state index is 5.73. The van der Waals surface area contributed by atoms with Crippen molar-refractivity contribution in [1.82, 2.24) is 10.2 Å². The average molecular weight is 266 g/mol. The van der Waals surface area contributed by atoms with Gasteiger partial charge in [0.15, 0.2) is 0 Å². The molecule has 2 aliphatic carbocycles. The van der Waals surface area contributed by atoms with E-state index in [0.717, 1.165) is 12.6 Å². The molecule has 19 heavy (non-hydrogen) atoms. The van der Waals surface area contributed by atoms with Gasteiger partial charge in [-0.1, -0.05) is 12.8 Å². The van der Waals surface area contributed by atoms with Crippen molar-refractivity contribution in [3.05, 3.63) is 0 Å². The third-order valence-electron chi connectivity index (χ3n) is 5.49. The van der Waals surface area contributed by atoms with Gasteiger partial charge in [0.05, 0.1) is 6.10 Å². The Balaban J connectivity index is 1.56. The van der Waals surface area contributed by atoms with Crippen LogP contribution in [-0.4, -0.2) is 49.8 Å². The largest absolute Gasteiger partial charge is 0.377 e. The summed E-state index contributed by atoms with van der Waals surface area (Å²) in [7, 11) is 2.31. The van der Waals surface area contributed by atoms with Crippen LogP contribution in [0.3, 0.4) is 0 Å². The van der Waals surface area contributed by atoms with E-state index in [2.05, 4.69) is 24.2 Å². The zero-order valence-corrected chi connectivity index (χ0v) is 12.7. The van der Waals surface area contributed by atoms with Crippen molar-refractivity contribution >= 4 is 0 Å². The molecule has 1 aliphatic heterocycles. The summed E-state index contributed by atoms with van der Waals surface area (Å²) in [6.45, 7) is 5.68. The minimum Gasteiger partial charge on any atom is -0.377 e. The predicted molar refractivity (Wildman–Crippen MR) is 78.4 cm³/mol. The van der Waals surface area contributed by atoms with Crippen LogP contribution in [0.4, 0.5) is 0 Å². The Labute approximate surface area is 118 Å². The second kappa shape index (κ2) is 5.71. The summed E-state index contributed by atoms with van der Waals surface area (Å²) in [4.78, 5) is 2.59. The molecule has 0 radical (unpaired) electrons. The molecule has 3 heteroatoms. The minimum atomic E-state index is 0.417. The SMILES string of the molecule is CC1OCCC1N(C)CC1(CNC2CC2)CCCC1. The van der Waals surface area contributed by atoms with E-state index in [-0.39, 0.29) is 0 Å². The summed E-state index contributed by atoms with van der Waals surface area (Å²) in [6, 6.07) is 1.48. The molecule has 0 aromatic heterocycles. The van der Waals surface area contributed by atoms with E-state index >= 15 is 0 Å². The Morgan fingerprint density at radius 2 is 1.95 bits per heavy atom. The molecule has 2 unspecified atom stereocenters. The van der Waals surface area contributed by atoms with E-state index in [9.17, 15) is 0 Å². The molecule has 3 rings (SSSR count). The van der Waals surface area contributed by atoms with Crippen molar-refractivity contribution in [2.45, 2.75) is 70.1 Å². The molecule has 2 saturated carbocycles. The van der Waals surface area contributed by atoms with Crippen molar-refractivity contribution in [3.8, 4) is 0 Å². The number of rotatable bonds is 6. The maximum atomic E-state index is 5.73. The lowest BCUT2D eigenvalue weighted by Crippen LogP contribution is -2.47. The van der Waals surface area contributed by atoms with Crippen LogP contribution >= 0.6 is 0 Å². The molecule has 0 aromatic rings. The predicted octanol–water partition coefficient (Wildman–Crippen LogP) is 2.41. The first kappa shape index (κ1) is 13.8. The summed E-state index contributed by atoms with van der Waals surface area (Å²) in [5, 5.41) is 3.79. The van der Waals surface area contributed by atoms with Crippen LogP contribution < -0.4 is 5.32 Å². The molecular weight excluding hydrogens is 236 g/mol. The number of nitrogens with zero attached hydrogens (tertiary/aromatic N) is 1. The van der Waals surface area contributed by atoms with Crippen LogP contribution in [0.1, 0.15) is 51.9 Å². The Morgan fingerprint density at radius 1 is 1.21 bits per heavy atom. The first-order valence-corrected chi connectivity index (χ1v) is 8.24. The van der Waals surface area contributed by atoms with Gasteiger partial charge >= 0.3 is 0 Å². The van der Waals surface area contributed by atoms with Crippen molar-refractivity contribution < 1.29 is 4.74 Å². The highest BCUT2D eigenvalue weighted by Crippen LogP contribution is 2.39. The molecule has 0 bridgehead atoms. The lowest BCUT2D eigenvalue weighted by molar-refractivity contribution is 0.0635. The van der Waals surface area contributed by atoms with Crippen LogP contribution in [0.5, 0.6) is 0 Å². The van der Waals surface area contributed by atoms with E-state index in [0.29, 0.717) is 17.6 Å². The Morgan fingerprint density at radius 3 is 2.53 bits per heavy atom. The molecule has 1 N–H and O–H groups in total. The van der Waals surface area contributed by atoms with E-state index in [1.165, 1.54) is 58.0 Å². The smallest absolute Gasteiger partial charge is 0.0702 e. The lowest BCUT2D eigenvalue weighted by atomic mass is 9.84. The standard InChI is InChI=1S/C16H30N2O/c1-13-15(7-10-19-13)18(2)12-16(8-3-4-9-16)11-17-14-5-6-14/h13-15,17H,3-12H2,1-2H3. The van der Waals surface area contributed by atoms with Crippen LogP contribution in [0.15, 0.2) is 0 Å². The second-order valence-corrected chi connectivity index (χ2v) is 7.21. The molecule has 3 fully saturated rings. The van der Waals surface area contributed by atoms with Gasteiger partial charge in [-0.3, -0.25) is 0 Å². The quantitative estimate of drug-likeness (QED) is 0.799. The van der Waals surface area contributed by atoms with Gasteiger partial charge in [0.25, 0.3) is 0 Å². The molecule has 0 spiro atoms. The molecule has 110 valence electrons. The topological polar surface area (TPSA) is 24.5 Å². The second-order valence-electron chi connectivity index (χ2n) is 7.21. The van der Waals surface area contributed by atoms with E-state index in [4.69, 9.17) is 4.74 Å². The Bertz CT molecular complexity index is 297. The van der Waals surface area contributed by atoms with E-state index in [1.807, 2.05) is 0 Å². The highest BCUT2D eigenvalue weighted by Gasteiger charge is 2.39. The number of ether oxygens (including phenoxy) is 1. The van der Waals surface area contributed by atoms with Gasteiger partial charge in [-0.15, -0.1) is 0 Å². The Kier molecular flexibility index (Phi) is 4.16. The summed E-state index contributed by atoms with van der Waals surface area (Å²) < 4.78 is 5.73. The number of nitrogens with one attached hydrogen (secondary N) is 1. The molecule has 1 saturated heterocycles. The van der Waals surface area contributed by atoms with Gasteiger partial charge < -0.3 is 15.0 Å². The highest BCUT2D eigenvalue weighted by molar-refractivity contribution is 4.94. The Hall–Kier alpha value is -0.120. The van der Waals surface area contributed by atoms with Gasteiger partial charge in [-0.25, -0.2) is 0 Å². The zero-order chi connectivity index (χ0) is 13.3. The van der Waals surface area contributed by atoms with Gasteiger partial charge in [0.2, 0.25) is 0 Å². The van der Waals surface area contributed by atoms with Crippen LogP contribution in [0, 0.1) is 5.41 Å². The number of hydrogen-bond donors (Lipinski definition) is 1. The lowest BCUT2D eigenvalue weighted by Gasteiger charge is -2.37.